The molecule has 1 aromatic rings. The number of benzene rings is 1. The highest BCUT2D eigenvalue weighted by Crippen LogP contribution is 2.19. The summed E-state index contributed by atoms with van der Waals surface area (Å²) in [6.07, 6.45) is 0.668. The number of nitrogens with one attached hydrogen (secondary N) is 1. The van der Waals surface area contributed by atoms with Crippen LogP contribution < -0.4 is 5.32 Å². The van der Waals surface area contributed by atoms with Gasteiger partial charge in [-0.2, -0.15) is 0 Å². The minimum atomic E-state index is -0.892. The Balaban J connectivity index is 2.46. The second-order valence-electron chi connectivity index (χ2n) is 5.93. The Hall–Kier alpha value is -1.91. The summed E-state index contributed by atoms with van der Waals surface area (Å²) in [7, 11) is 0. The number of carbonyl (C=O) groups is 2. The van der Waals surface area contributed by atoms with Crippen LogP contribution >= 0.6 is 0 Å². The minimum Gasteiger partial charge on any atom is -0.481 e. The van der Waals surface area contributed by atoms with E-state index in [4.69, 9.17) is 5.11 Å². The number of hydrogen-bond donors (Lipinski definition) is 2. The minimum absolute atomic E-state index is 0.195. The molecule has 0 aliphatic heterocycles. The number of carbonyl (C=O) groups excluding carboxylic acids is 1. The molecule has 0 spiro atoms. The molecule has 1 aromatic carbocycles. The molecule has 1 unspecified atom stereocenters. The van der Waals surface area contributed by atoms with Gasteiger partial charge in [-0.25, -0.2) is 4.39 Å². The molecule has 0 bridgehead atoms. The van der Waals surface area contributed by atoms with Crippen molar-refractivity contribution >= 4 is 11.9 Å². The third-order valence-electron chi connectivity index (χ3n) is 3.56. The molecule has 0 aliphatic carbocycles. The van der Waals surface area contributed by atoms with Gasteiger partial charge >= 0.3 is 5.97 Å². The van der Waals surface area contributed by atoms with Gasteiger partial charge in [-0.1, -0.05) is 25.1 Å². The van der Waals surface area contributed by atoms with Crippen molar-refractivity contribution in [2.75, 3.05) is 6.54 Å². The highest BCUT2D eigenvalue weighted by Gasteiger charge is 2.27. The Morgan fingerprint density at radius 2 is 1.95 bits per heavy atom. The van der Waals surface area contributed by atoms with Crippen LogP contribution in [0.5, 0.6) is 0 Å². The maximum Gasteiger partial charge on any atom is 0.309 e. The van der Waals surface area contributed by atoms with Crippen LogP contribution in [0.1, 0.15) is 32.8 Å². The van der Waals surface area contributed by atoms with E-state index in [9.17, 15) is 14.0 Å². The van der Waals surface area contributed by atoms with Gasteiger partial charge in [0.25, 0.3) is 0 Å². The molecule has 0 radical (unpaired) electrons. The van der Waals surface area contributed by atoms with E-state index < -0.39 is 11.4 Å². The van der Waals surface area contributed by atoms with Crippen molar-refractivity contribution in [2.45, 2.75) is 33.6 Å². The number of halogens is 1. The van der Waals surface area contributed by atoms with Crippen molar-refractivity contribution in [1.29, 1.82) is 0 Å². The van der Waals surface area contributed by atoms with Crippen LogP contribution in [0.2, 0.25) is 0 Å². The van der Waals surface area contributed by atoms with E-state index in [-0.39, 0.29) is 17.6 Å². The van der Waals surface area contributed by atoms with Crippen molar-refractivity contribution in [3.8, 4) is 0 Å². The zero-order valence-corrected chi connectivity index (χ0v) is 12.6. The molecule has 5 heteroatoms. The highest BCUT2D eigenvalue weighted by atomic mass is 19.1. The summed E-state index contributed by atoms with van der Waals surface area (Å²) in [6, 6.07) is 6.37. The summed E-state index contributed by atoms with van der Waals surface area (Å²) in [6.45, 7) is 5.25. The fourth-order valence-corrected chi connectivity index (χ4v) is 1.87. The molecular weight excluding hydrogens is 273 g/mol. The monoisotopic (exact) mass is 295 g/mol. The summed E-state index contributed by atoms with van der Waals surface area (Å²) >= 11 is 0. The predicted molar refractivity (Wildman–Crippen MR) is 78.3 cm³/mol. The second-order valence-corrected chi connectivity index (χ2v) is 5.93. The van der Waals surface area contributed by atoms with E-state index in [0.717, 1.165) is 0 Å². The molecular formula is C16H22FNO3. The largest absolute Gasteiger partial charge is 0.481 e. The summed E-state index contributed by atoms with van der Waals surface area (Å²) in [5, 5.41) is 11.7. The molecule has 0 saturated heterocycles. The normalized spacial score (nSPS) is 12.8. The number of aliphatic carboxylic acids is 1. The van der Waals surface area contributed by atoms with Gasteiger partial charge in [-0.15, -0.1) is 0 Å². The average Bonchev–Trinajstić information content (AvgIpc) is 2.40. The number of carboxylic acid groups (broad SMARTS) is 1. The zero-order chi connectivity index (χ0) is 16.0. The van der Waals surface area contributed by atoms with E-state index in [2.05, 4.69) is 5.32 Å². The van der Waals surface area contributed by atoms with Crippen molar-refractivity contribution in [1.82, 2.24) is 5.32 Å². The summed E-state index contributed by atoms with van der Waals surface area (Å²) < 4.78 is 13.5. The van der Waals surface area contributed by atoms with Gasteiger partial charge in [0.2, 0.25) is 5.91 Å². The molecule has 0 saturated carbocycles. The molecule has 0 aliphatic rings. The lowest BCUT2D eigenvalue weighted by Gasteiger charge is -2.20. The molecule has 0 fully saturated rings. The van der Waals surface area contributed by atoms with Gasteiger partial charge in [-0.05, 0) is 38.3 Å². The Bertz CT molecular complexity index is 514. The molecule has 0 heterocycles. The first kappa shape index (κ1) is 17.1. The van der Waals surface area contributed by atoms with Crippen LogP contribution in [0.3, 0.4) is 0 Å². The fourth-order valence-electron chi connectivity index (χ4n) is 1.87. The Morgan fingerprint density at radius 1 is 1.33 bits per heavy atom. The third kappa shape index (κ3) is 5.17. The van der Waals surface area contributed by atoms with Gasteiger partial charge in [0.1, 0.15) is 5.82 Å². The Labute approximate surface area is 124 Å². The van der Waals surface area contributed by atoms with Gasteiger partial charge in [-0.3, -0.25) is 9.59 Å². The standard InChI is InChI=1S/C16H22FNO3/c1-11(10-12-6-4-5-7-13(12)17)14(19)18-9-8-16(2,3)15(20)21/h4-7,11H,8-10H2,1-3H3,(H,18,19)(H,20,21). The van der Waals surface area contributed by atoms with Gasteiger partial charge < -0.3 is 10.4 Å². The zero-order valence-electron chi connectivity index (χ0n) is 12.6. The summed E-state index contributed by atoms with van der Waals surface area (Å²) in [5.74, 6) is -1.77. The van der Waals surface area contributed by atoms with E-state index >= 15 is 0 Å². The maximum atomic E-state index is 13.5. The smallest absolute Gasteiger partial charge is 0.309 e. The number of rotatable bonds is 7. The SMILES string of the molecule is CC(Cc1ccccc1F)C(=O)NCCC(C)(C)C(=O)O. The third-order valence-corrected chi connectivity index (χ3v) is 3.56. The second kappa shape index (κ2) is 7.20. The molecule has 0 aromatic heterocycles. The molecule has 4 nitrogen and oxygen atoms in total. The van der Waals surface area contributed by atoms with E-state index in [0.29, 0.717) is 24.9 Å². The molecule has 116 valence electrons. The van der Waals surface area contributed by atoms with Gasteiger partial charge in [0.15, 0.2) is 0 Å². The fraction of sp³-hybridized carbons (Fsp3) is 0.500. The quantitative estimate of drug-likeness (QED) is 0.812. The summed E-state index contributed by atoms with van der Waals surface area (Å²) in [4.78, 5) is 22.9. The first-order chi connectivity index (χ1) is 9.74. The Morgan fingerprint density at radius 3 is 2.52 bits per heavy atom. The van der Waals surface area contributed by atoms with Crippen molar-refractivity contribution in [2.24, 2.45) is 11.3 Å². The maximum absolute atomic E-state index is 13.5. The van der Waals surface area contributed by atoms with Gasteiger partial charge in [0, 0.05) is 12.5 Å². The lowest BCUT2D eigenvalue weighted by atomic mass is 9.89. The van der Waals surface area contributed by atoms with Crippen LogP contribution in [-0.2, 0) is 16.0 Å². The lowest BCUT2D eigenvalue weighted by Crippen LogP contribution is -2.35. The molecule has 1 rings (SSSR count). The van der Waals surface area contributed by atoms with Crippen LogP contribution in [0.15, 0.2) is 24.3 Å². The molecule has 21 heavy (non-hydrogen) atoms. The average molecular weight is 295 g/mol. The molecule has 1 amide bonds. The van der Waals surface area contributed by atoms with Crippen molar-refractivity contribution in [3.63, 3.8) is 0 Å². The van der Waals surface area contributed by atoms with Crippen LogP contribution in [0, 0.1) is 17.2 Å². The van der Waals surface area contributed by atoms with Crippen molar-refractivity contribution < 1.29 is 19.1 Å². The molecule has 1 atom stereocenters. The lowest BCUT2D eigenvalue weighted by molar-refractivity contribution is -0.147. The topological polar surface area (TPSA) is 66.4 Å². The summed E-state index contributed by atoms with van der Waals surface area (Å²) in [5.41, 5.74) is -0.367. The number of hydrogen-bond acceptors (Lipinski definition) is 2. The van der Waals surface area contributed by atoms with Crippen LogP contribution in [0.25, 0.3) is 0 Å². The van der Waals surface area contributed by atoms with Crippen molar-refractivity contribution in [3.05, 3.63) is 35.6 Å². The predicted octanol–water partition coefficient (Wildman–Crippen LogP) is 2.62. The van der Waals surface area contributed by atoms with E-state index in [1.807, 2.05) is 0 Å². The highest BCUT2D eigenvalue weighted by molar-refractivity contribution is 5.78. The first-order valence-corrected chi connectivity index (χ1v) is 6.98. The van der Waals surface area contributed by atoms with Crippen LogP contribution in [0.4, 0.5) is 4.39 Å². The first-order valence-electron chi connectivity index (χ1n) is 6.98. The van der Waals surface area contributed by atoms with Crippen LogP contribution in [-0.4, -0.2) is 23.5 Å². The Kier molecular flexibility index (Phi) is 5.88. The number of carboxylic acids is 1. The van der Waals surface area contributed by atoms with E-state index in [1.165, 1.54) is 6.07 Å². The van der Waals surface area contributed by atoms with Gasteiger partial charge in [0.05, 0.1) is 5.41 Å². The molecule has 2 N–H and O–H groups in total. The van der Waals surface area contributed by atoms with E-state index in [1.54, 1.807) is 39.0 Å². The number of amides is 1.